The standard InChI is InChI=1S/C19H26N4O4/c1-21(2)16(25)12-22-8-10-23(11-9-22)19(26)18-17(20-15(24)13-27-18)14-6-4-3-5-7-14/h3-7,17-18H,8-13H2,1-2H3,(H,20,24)/t17-,18+/m1/s1. The molecule has 2 atom stereocenters. The molecule has 0 radical (unpaired) electrons. The van der Waals surface area contributed by atoms with Crippen molar-refractivity contribution >= 4 is 17.7 Å². The minimum absolute atomic E-state index is 0.0530. The summed E-state index contributed by atoms with van der Waals surface area (Å²) in [5.74, 6) is -0.292. The van der Waals surface area contributed by atoms with Gasteiger partial charge in [-0.2, -0.15) is 0 Å². The van der Waals surface area contributed by atoms with Crippen LogP contribution in [0.4, 0.5) is 0 Å². The molecule has 0 aliphatic carbocycles. The van der Waals surface area contributed by atoms with Gasteiger partial charge in [-0.15, -0.1) is 0 Å². The van der Waals surface area contributed by atoms with Crippen molar-refractivity contribution in [3.05, 3.63) is 35.9 Å². The minimum atomic E-state index is -0.736. The van der Waals surface area contributed by atoms with Crippen LogP contribution in [0.2, 0.25) is 0 Å². The summed E-state index contributed by atoms with van der Waals surface area (Å²) in [5.41, 5.74) is 0.846. The lowest BCUT2D eigenvalue weighted by atomic mass is 9.98. The van der Waals surface area contributed by atoms with Gasteiger partial charge in [-0.1, -0.05) is 30.3 Å². The van der Waals surface area contributed by atoms with Crippen molar-refractivity contribution in [1.29, 1.82) is 0 Å². The highest BCUT2D eigenvalue weighted by Crippen LogP contribution is 2.24. The van der Waals surface area contributed by atoms with Gasteiger partial charge in [0.05, 0.1) is 12.6 Å². The zero-order chi connectivity index (χ0) is 19.4. The predicted octanol–water partition coefficient (Wildman–Crippen LogP) is -0.525. The molecule has 2 heterocycles. The first-order valence-corrected chi connectivity index (χ1v) is 9.13. The van der Waals surface area contributed by atoms with Crippen LogP contribution in [0.25, 0.3) is 0 Å². The highest BCUT2D eigenvalue weighted by Gasteiger charge is 2.39. The Bertz CT molecular complexity index is 686. The molecular weight excluding hydrogens is 348 g/mol. The van der Waals surface area contributed by atoms with Crippen LogP contribution in [0.5, 0.6) is 0 Å². The minimum Gasteiger partial charge on any atom is -0.356 e. The Morgan fingerprint density at radius 2 is 1.81 bits per heavy atom. The molecule has 8 nitrogen and oxygen atoms in total. The first-order valence-electron chi connectivity index (χ1n) is 9.13. The molecule has 1 aromatic rings. The van der Waals surface area contributed by atoms with Gasteiger partial charge in [-0.05, 0) is 5.56 Å². The van der Waals surface area contributed by atoms with Crippen LogP contribution in [0.3, 0.4) is 0 Å². The van der Waals surface area contributed by atoms with E-state index in [4.69, 9.17) is 4.74 Å². The Kier molecular flexibility index (Phi) is 6.08. The van der Waals surface area contributed by atoms with Crippen LogP contribution in [-0.2, 0) is 19.1 Å². The van der Waals surface area contributed by atoms with E-state index in [0.29, 0.717) is 32.7 Å². The summed E-state index contributed by atoms with van der Waals surface area (Å²) in [6.45, 7) is 2.60. The lowest BCUT2D eigenvalue weighted by Gasteiger charge is -2.39. The van der Waals surface area contributed by atoms with Gasteiger partial charge in [-0.3, -0.25) is 19.3 Å². The van der Waals surface area contributed by atoms with E-state index in [1.54, 1.807) is 23.9 Å². The van der Waals surface area contributed by atoms with E-state index < -0.39 is 12.1 Å². The second-order valence-corrected chi connectivity index (χ2v) is 7.08. The van der Waals surface area contributed by atoms with Crippen molar-refractivity contribution in [3.63, 3.8) is 0 Å². The molecule has 8 heteroatoms. The fourth-order valence-electron chi connectivity index (χ4n) is 3.32. The molecule has 3 rings (SSSR count). The summed E-state index contributed by atoms with van der Waals surface area (Å²) in [7, 11) is 3.47. The fourth-order valence-corrected chi connectivity index (χ4v) is 3.32. The first-order chi connectivity index (χ1) is 13.0. The largest absolute Gasteiger partial charge is 0.356 e. The maximum atomic E-state index is 13.0. The second kappa shape index (κ2) is 8.49. The Morgan fingerprint density at radius 1 is 1.15 bits per heavy atom. The zero-order valence-corrected chi connectivity index (χ0v) is 15.8. The molecule has 146 valence electrons. The molecule has 0 spiro atoms. The molecule has 2 fully saturated rings. The van der Waals surface area contributed by atoms with Crippen LogP contribution >= 0.6 is 0 Å². The van der Waals surface area contributed by atoms with Crippen LogP contribution in [0.1, 0.15) is 11.6 Å². The topological polar surface area (TPSA) is 82.2 Å². The van der Waals surface area contributed by atoms with Gasteiger partial charge in [-0.25, -0.2) is 0 Å². The summed E-state index contributed by atoms with van der Waals surface area (Å²) in [6.07, 6.45) is -0.736. The van der Waals surface area contributed by atoms with Gasteiger partial charge in [0.1, 0.15) is 6.61 Å². The van der Waals surface area contributed by atoms with Crippen molar-refractivity contribution in [2.45, 2.75) is 12.1 Å². The average molecular weight is 374 g/mol. The molecule has 0 unspecified atom stereocenters. The molecule has 1 N–H and O–H groups in total. The molecule has 3 amide bonds. The molecule has 1 aromatic carbocycles. The van der Waals surface area contributed by atoms with Gasteiger partial charge >= 0.3 is 0 Å². The highest BCUT2D eigenvalue weighted by atomic mass is 16.5. The van der Waals surface area contributed by atoms with E-state index in [9.17, 15) is 14.4 Å². The zero-order valence-electron chi connectivity index (χ0n) is 15.8. The van der Waals surface area contributed by atoms with Crippen molar-refractivity contribution in [2.24, 2.45) is 0 Å². The first kappa shape index (κ1) is 19.3. The summed E-state index contributed by atoms with van der Waals surface area (Å²) in [6, 6.07) is 8.90. The van der Waals surface area contributed by atoms with E-state index in [0.717, 1.165) is 5.56 Å². The number of hydrogen-bond acceptors (Lipinski definition) is 5. The Balaban J connectivity index is 1.63. The Hall–Kier alpha value is -2.45. The number of nitrogens with one attached hydrogen (secondary N) is 1. The molecular formula is C19H26N4O4. The number of carbonyl (C=O) groups excluding carboxylic acids is 3. The van der Waals surface area contributed by atoms with Crippen molar-refractivity contribution < 1.29 is 19.1 Å². The smallest absolute Gasteiger partial charge is 0.254 e. The molecule has 2 aliphatic heterocycles. The number of ether oxygens (including phenoxy) is 1. The van der Waals surface area contributed by atoms with E-state index >= 15 is 0 Å². The third-order valence-electron chi connectivity index (χ3n) is 4.96. The maximum Gasteiger partial charge on any atom is 0.254 e. The molecule has 27 heavy (non-hydrogen) atoms. The van der Waals surface area contributed by atoms with E-state index in [2.05, 4.69) is 5.32 Å². The van der Waals surface area contributed by atoms with Gasteiger partial charge < -0.3 is 19.9 Å². The molecule has 0 aromatic heterocycles. The molecule has 2 aliphatic rings. The monoisotopic (exact) mass is 374 g/mol. The second-order valence-electron chi connectivity index (χ2n) is 7.08. The third kappa shape index (κ3) is 4.64. The van der Waals surface area contributed by atoms with Crippen molar-refractivity contribution in [1.82, 2.24) is 20.0 Å². The normalized spacial score (nSPS) is 23.6. The quantitative estimate of drug-likeness (QED) is 0.767. The lowest BCUT2D eigenvalue weighted by molar-refractivity contribution is -0.156. The SMILES string of the molecule is CN(C)C(=O)CN1CCN(C(=O)[C@H]2OCC(=O)N[C@@H]2c2ccccc2)CC1. The molecule has 0 saturated carbocycles. The van der Waals surface area contributed by atoms with Crippen LogP contribution in [0, 0.1) is 0 Å². The molecule has 2 saturated heterocycles. The number of carbonyl (C=O) groups is 3. The number of piperazine rings is 1. The summed E-state index contributed by atoms with van der Waals surface area (Å²) in [5, 5.41) is 2.88. The van der Waals surface area contributed by atoms with Crippen molar-refractivity contribution in [2.75, 3.05) is 53.4 Å². The highest BCUT2D eigenvalue weighted by molar-refractivity contribution is 5.86. The number of rotatable bonds is 4. The summed E-state index contributed by atoms with van der Waals surface area (Å²) >= 11 is 0. The van der Waals surface area contributed by atoms with E-state index in [1.165, 1.54) is 0 Å². The number of amides is 3. The number of morpholine rings is 1. The average Bonchev–Trinajstić information content (AvgIpc) is 2.68. The number of nitrogens with zero attached hydrogens (tertiary/aromatic N) is 3. The van der Waals surface area contributed by atoms with Gasteiger partial charge in [0, 0.05) is 40.3 Å². The molecule has 0 bridgehead atoms. The predicted molar refractivity (Wildman–Crippen MR) is 98.8 cm³/mol. The Morgan fingerprint density at radius 3 is 2.44 bits per heavy atom. The third-order valence-corrected chi connectivity index (χ3v) is 4.96. The Labute approximate surface area is 159 Å². The lowest BCUT2D eigenvalue weighted by Crippen LogP contribution is -2.57. The fraction of sp³-hybridized carbons (Fsp3) is 0.526. The van der Waals surface area contributed by atoms with Crippen molar-refractivity contribution in [3.8, 4) is 0 Å². The number of hydrogen-bond donors (Lipinski definition) is 1. The summed E-state index contributed by atoms with van der Waals surface area (Å²) in [4.78, 5) is 42.0. The van der Waals surface area contributed by atoms with Crippen LogP contribution in [0.15, 0.2) is 30.3 Å². The van der Waals surface area contributed by atoms with Gasteiger partial charge in [0.2, 0.25) is 11.8 Å². The van der Waals surface area contributed by atoms with E-state index in [1.807, 2.05) is 35.2 Å². The van der Waals surface area contributed by atoms with Crippen LogP contribution < -0.4 is 5.32 Å². The number of benzene rings is 1. The van der Waals surface area contributed by atoms with Crippen LogP contribution in [-0.4, -0.2) is 92.0 Å². The maximum absolute atomic E-state index is 13.0. The van der Waals surface area contributed by atoms with E-state index in [-0.39, 0.29) is 24.3 Å². The van der Waals surface area contributed by atoms with Gasteiger partial charge in [0.25, 0.3) is 5.91 Å². The summed E-state index contributed by atoms with van der Waals surface area (Å²) < 4.78 is 5.62. The number of likely N-dealkylation sites (N-methyl/N-ethyl adjacent to an activating group) is 1. The van der Waals surface area contributed by atoms with Gasteiger partial charge in [0.15, 0.2) is 6.10 Å².